The highest BCUT2D eigenvalue weighted by molar-refractivity contribution is 7.07. The van der Waals surface area contributed by atoms with Crippen LogP contribution in [-0.4, -0.2) is 29.7 Å². The molecule has 6 nitrogen and oxygen atoms in total. The molecule has 174 valence electrons. The van der Waals surface area contributed by atoms with E-state index in [0.717, 1.165) is 22.6 Å². The average molecular weight is 514 g/mol. The van der Waals surface area contributed by atoms with Gasteiger partial charge in [0.2, 0.25) is 4.80 Å². The number of phenolic OH excluding ortho intramolecular Hbond substituents is 1. The molecule has 0 saturated carbocycles. The lowest BCUT2D eigenvalue weighted by molar-refractivity contribution is 0.318. The number of benzene rings is 3. The third-order valence-electron chi connectivity index (χ3n) is 4.81. The van der Waals surface area contributed by atoms with Crippen LogP contribution in [0.25, 0.3) is 11.3 Å². The topological polar surface area (TPSA) is 68.3 Å². The van der Waals surface area contributed by atoms with E-state index in [2.05, 4.69) is 0 Å². The quantitative estimate of drug-likeness (QED) is 0.278. The number of phenols is 1. The molecule has 0 radical (unpaired) electrons. The van der Waals surface area contributed by atoms with Gasteiger partial charge in [-0.05, 0) is 73.2 Å². The van der Waals surface area contributed by atoms with Crippen LogP contribution in [-0.2, 0) is 0 Å². The predicted molar refractivity (Wildman–Crippen MR) is 138 cm³/mol. The molecule has 34 heavy (non-hydrogen) atoms. The van der Waals surface area contributed by atoms with Gasteiger partial charge in [-0.1, -0.05) is 23.2 Å². The molecular weight excluding hydrogens is 493 g/mol. The third-order valence-corrected chi connectivity index (χ3v) is 6.36. The number of thiazole rings is 1. The van der Waals surface area contributed by atoms with E-state index in [-0.39, 0.29) is 5.75 Å². The van der Waals surface area contributed by atoms with Gasteiger partial charge in [-0.15, -0.1) is 11.3 Å². The number of hydrogen-bond acceptors (Lipinski definition) is 6. The van der Waals surface area contributed by atoms with Gasteiger partial charge in [-0.2, -0.15) is 5.10 Å². The van der Waals surface area contributed by atoms with Crippen LogP contribution in [0.5, 0.6) is 17.2 Å². The van der Waals surface area contributed by atoms with Crippen LogP contribution in [0.15, 0.2) is 76.1 Å². The van der Waals surface area contributed by atoms with Gasteiger partial charge in [0.05, 0.1) is 41.4 Å². The number of ether oxygens (including phenoxy) is 2. The van der Waals surface area contributed by atoms with Crippen LogP contribution in [0.1, 0.15) is 12.5 Å². The maximum atomic E-state index is 9.99. The summed E-state index contributed by atoms with van der Waals surface area (Å²) in [6.45, 7) is 2.31. The molecule has 3 aromatic carbocycles. The molecule has 0 atom stereocenters. The van der Waals surface area contributed by atoms with Crippen molar-refractivity contribution < 1.29 is 14.6 Å². The van der Waals surface area contributed by atoms with Gasteiger partial charge in [-0.25, -0.2) is 9.67 Å². The number of aromatic hydroxyl groups is 1. The van der Waals surface area contributed by atoms with Crippen LogP contribution in [0.2, 0.25) is 10.0 Å². The Morgan fingerprint density at radius 2 is 1.82 bits per heavy atom. The minimum atomic E-state index is 0.0800. The van der Waals surface area contributed by atoms with Crippen LogP contribution in [0, 0.1) is 0 Å². The maximum absolute atomic E-state index is 9.99. The molecule has 0 spiro atoms. The number of aromatic nitrogens is 1. The van der Waals surface area contributed by atoms with E-state index in [1.807, 2.05) is 36.6 Å². The first-order chi connectivity index (χ1) is 16.5. The van der Waals surface area contributed by atoms with Gasteiger partial charge in [0.15, 0.2) is 11.5 Å². The molecule has 0 saturated heterocycles. The zero-order chi connectivity index (χ0) is 24.1. The zero-order valence-electron chi connectivity index (χ0n) is 18.4. The van der Waals surface area contributed by atoms with Gasteiger partial charge in [0.1, 0.15) is 5.75 Å². The smallest absolute Gasteiger partial charge is 0.211 e. The molecule has 1 aromatic heterocycles. The lowest BCUT2D eigenvalue weighted by Gasteiger charge is -2.07. The molecule has 0 aliphatic rings. The number of nitrogens with zero attached hydrogens (tertiary/aromatic N) is 3. The van der Waals surface area contributed by atoms with Gasteiger partial charge >= 0.3 is 0 Å². The first-order valence-electron chi connectivity index (χ1n) is 10.3. The monoisotopic (exact) mass is 513 g/mol. The van der Waals surface area contributed by atoms with E-state index >= 15 is 0 Å². The second-order valence-electron chi connectivity index (χ2n) is 7.06. The van der Waals surface area contributed by atoms with E-state index in [1.54, 1.807) is 54.4 Å². The molecule has 0 aliphatic heterocycles. The fraction of sp³-hybridized carbons (Fsp3) is 0.120. The van der Waals surface area contributed by atoms with E-state index in [0.29, 0.717) is 32.9 Å². The standard InChI is InChI=1S/C25H21Cl2N3O3S/c1-3-33-24-12-16(4-11-23(24)31)14-28-30-22(17-5-8-19(32-2)9-6-17)15-34-25(30)29-18-7-10-20(26)21(27)13-18/h4-15,31H,3H2,1-2H3. The van der Waals surface area contributed by atoms with Crippen molar-refractivity contribution in [1.82, 2.24) is 4.68 Å². The molecule has 0 unspecified atom stereocenters. The first kappa shape index (κ1) is 23.9. The van der Waals surface area contributed by atoms with Crippen LogP contribution in [0.4, 0.5) is 5.69 Å². The number of methoxy groups -OCH3 is 1. The third kappa shape index (κ3) is 5.44. The number of rotatable bonds is 7. The highest BCUT2D eigenvalue weighted by atomic mass is 35.5. The zero-order valence-corrected chi connectivity index (χ0v) is 20.7. The Bertz CT molecular complexity index is 1400. The van der Waals surface area contributed by atoms with Crippen LogP contribution >= 0.6 is 34.5 Å². The van der Waals surface area contributed by atoms with Crippen molar-refractivity contribution in [2.45, 2.75) is 6.92 Å². The second-order valence-corrected chi connectivity index (χ2v) is 8.71. The Labute approximate surface area is 211 Å². The van der Waals surface area contributed by atoms with Crippen molar-refractivity contribution in [2.75, 3.05) is 13.7 Å². The Hall–Kier alpha value is -3.26. The van der Waals surface area contributed by atoms with E-state index < -0.39 is 0 Å². The normalized spacial score (nSPS) is 11.8. The summed E-state index contributed by atoms with van der Waals surface area (Å²) in [6.07, 6.45) is 1.69. The number of hydrogen-bond donors (Lipinski definition) is 1. The van der Waals surface area contributed by atoms with Crippen molar-refractivity contribution in [3.63, 3.8) is 0 Å². The lowest BCUT2D eigenvalue weighted by Crippen LogP contribution is -2.11. The highest BCUT2D eigenvalue weighted by Crippen LogP contribution is 2.28. The maximum Gasteiger partial charge on any atom is 0.211 e. The minimum Gasteiger partial charge on any atom is -0.504 e. The average Bonchev–Trinajstić information content (AvgIpc) is 3.24. The fourth-order valence-electron chi connectivity index (χ4n) is 3.12. The van der Waals surface area contributed by atoms with Crippen LogP contribution < -0.4 is 14.3 Å². The molecule has 1 heterocycles. The summed E-state index contributed by atoms with van der Waals surface area (Å²) in [6, 6.07) is 18.0. The van der Waals surface area contributed by atoms with E-state index in [9.17, 15) is 5.11 Å². The Morgan fingerprint density at radius 1 is 1.03 bits per heavy atom. The Kier molecular flexibility index (Phi) is 7.57. The summed E-state index contributed by atoms with van der Waals surface area (Å²) in [5.74, 6) is 1.25. The van der Waals surface area contributed by atoms with Gasteiger partial charge in [0.25, 0.3) is 0 Å². The molecule has 4 aromatic rings. The van der Waals surface area contributed by atoms with Gasteiger partial charge < -0.3 is 14.6 Å². The van der Waals surface area contributed by atoms with Crippen molar-refractivity contribution in [1.29, 1.82) is 0 Å². The molecular formula is C25H21Cl2N3O3S. The SMILES string of the molecule is CCOc1cc(C=Nn2c(-c3ccc(OC)cc3)csc2=Nc2ccc(Cl)c(Cl)c2)ccc1O. The largest absolute Gasteiger partial charge is 0.504 e. The second kappa shape index (κ2) is 10.8. The molecule has 0 amide bonds. The van der Waals surface area contributed by atoms with Crippen molar-refractivity contribution in [3.05, 3.63) is 86.5 Å². The summed E-state index contributed by atoms with van der Waals surface area (Å²) >= 11 is 13.7. The summed E-state index contributed by atoms with van der Waals surface area (Å²) < 4.78 is 12.5. The molecule has 0 aliphatic carbocycles. The Balaban J connectivity index is 1.81. The number of halogens is 2. The predicted octanol–water partition coefficient (Wildman–Crippen LogP) is 6.75. The molecule has 1 N–H and O–H groups in total. The summed E-state index contributed by atoms with van der Waals surface area (Å²) in [5, 5.41) is 17.6. The molecule has 0 bridgehead atoms. The molecule has 9 heteroatoms. The summed E-state index contributed by atoms with van der Waals surface area (Å²) in [7, 11) is 1.63. The summed E-state index contributed by atoms with van der Waals surface area (Å²) in [5.41, 5.74) is 3.22. The molecule has 4 rings (SSSR count). The summed E-state index contributed by atoms with van der Waals surface area (Å²) in [4.78, 5) is 5.37. The van der Waals surface area contributed by atoms with Gasteiger partial charge in [0, 0.05) is 10.9 Å². The fourth-order valence-corrected chi connectivity index (χ4v) is 4.27. The highest BCUT2D eigenvalue weighted by Gasteiger charge is 2.09. The van der Waals surface area contributed by atoms with E-state index in [4.69, 9.17) is 42.8 Å². The molecule has 0 fully saturated rings. The van der Waals surface area contributed by atoms with Crippen LogP contribution in [0.3, 0.4) is 0 Å². The Morgan fingerprint density at radius 3 is 2.53 bits per heavy atom. The van der Waals surface area contributed by atoms with Crippen molar-refractivity contribution in [3.8, 4) is 28.5 Å². The minimum absolute atomic E-state index is 0.0800. The van der Waals surface area contributed by atoms with Crippen molar-refractivity contribution in [2.24, 2.45) is 10.1 Å². The van der Waals surface area contributed by atoms with E-state index in [1.165, 1.54) is 11.3 Å². The lowest BCUT2D eigenvalue weighted by atomic mass is 10.2. The first-order valence-corrected chi connectivity index (χ1v) is 12.0. The van der Waals surface area contributed by atoms with Gasteiger partial charge in [-0.3, -0.25) is 0 Å². The van der Waals surface area contributed by atoms with Crippen molar-refractivity contribution >= 4 is 46.4 Å².